The summed E-state index contributed by atoms with van der Waals surface area (Å²) in [7, 11) is 0. The highest BCUT2D eigenvalue weighted by Crippen LogP contribution is 2.27. The Morgan fingerprint density at radius 3 is 2.42 bits per heavy atom. The minimum atomic E-state index is 0.250. The minimum absolute atomic E-state index is 0.250. The van der Waals surface area contributed by atoms with E-state index in [0.29, 0.717) is 5.92 Å². The number of allylic oxidation sites excluding steroid dienone is 1. The first kappa shape index (κ1) is 18.0. The lowest BCUT2D eigenvalue weighted by Gasteiger charge is -2.23. The van der Waals surface area contributed by atoms with Crippen LogP contribution in [0.2, 0.25) is 0 Å². The van der Waals surface area contributed by atoms with Gasteiger partial charge in [-0.2, -0.15) is 0 Å². The van der Waals surface area contributed by atoms with E-state index < -0.39 is 0 Å². The summed E-state index contributed by atoms with van der Waals surface area (Å²) in [5.41, 5.74) is 4.59. The molecule has 2 aromatic rings. The topological polar surface area (TPSA) is 35.9 Å². The van der Waals surface area contributed by atoms with E-state index in [0.717, 1.165) is 30.5 Å². The number of nitrogens with one attached hydrogen (secondary N) is 2. The maximum Gasteiger partial charge on any atom is 0.0516 e. The van der Waals surface area contributed by atoms with E-state index in [1.807, 2.05) is 30.3 Å². The van der Waals surface area contributed by atoms with Gasteiger partial charge in [-0.1, -0.05) is 62.4 Å². The van der Waals surface area contributed by atoms with Crippen LogP contribution < -0.4 is 5.32 Å². The average Bonchev–Trinajstić information content (AvgIpc) is 2.60. The first-order valence-electron chi connectivity index (χ1n) is 8.69. The summed E-state index contributed by atoms with van der Waals surface area (Å²) in [6.45, 7) is 8.28. The van der Waals surface area contributed by atoms with Crippen molar-refractivity contribution >= 4 is 11.9 Å². The van der Waals surface area contributed by atoms with Crippen LogP contribution in [0, 0.1) is 11.3 Å². The Morgan fingerprint density at radius 1 is 1.08 bits per heavy atom. The maximum absolute atomic E-state index is 7.59. The first-order chi connectivity index (χ1) is 11.6. The summed E-state index contributed by atoms with van der Waals surface area (Å²) < 4.78 is 0. The number of hydrogen-bond acceptors (Lipinski definition) is 2. The Balaban J connectivity index is 2.21. The van der Waals surface area contributed by atoms with Crippen LogP contribution in [0.1, 0.15) is 49.4 Å². The van der Waals surface area contributed by atoms with Crippen molar-refractivity contribution in [3.63, 3.8) is 0 Å². The monoisotopic (exact) mass is 320 g/mol. The lowest BCUT2D eigenvalue weighted by Crippen LogP contribution is -2.14. The average molecular weight is 320 g/mol. The number of hydrogen-bond donors (Lipinski definition) is 2. The Bertz CT molecular complexity index is 656. The molecule has 1 atom stereocenters. The molecule has 0 aliphatic rings. The Morgan fingerprint density at radius 2 is 1.79 bits per heavy atom. The summed E-state index contributed by atoms with van der Waals surface area (Å²) in [6.07, 6.45) is 6.49. The quantitative estimate of drug-likeness (QED) is 0.431. The molecule has 24 heavy (non-hydrogen) atoms. The summed E-state index contributed by atoms with van der Waals surface area (Å²) >= 11 is 0. The van der Waals surface area contributed by atoms with Gasteiger partial charge in [0.25, 0.3) is 0 Å². The van der Waals surface area contributed by atoms with Gasteiger partial charge in [-0.3, -0.25) is 0 Å². The van der Waals surface area contributed by atoms with Gasteiger partial charge in [-0.25, -0.2) is 0 Å². The first-order valence-corrected chi connectivity index (χ1v) is 8.69. The molecule has 2 nitrogen and oxygen atoms in total. The molecular weight excluding hydrogens is 292 g/mol. The molecule has 0 saturated heterocycles. The number of benzene rings is 2. The molecule has 2 rings (SSSR count). The molecule has 0 heterocycles. The van der Waals surface area contributed by atoms with E-state index in [1.54, 1.807) is 0 Å². The van der Waals surface area contributed by atoms with Crippen LogP contribution >= 0.6 is 0 Å². The number of para-hydroxylation sites is 1. The lowest BCUT2D eigenvalue weighted by atomic mass is 9.95. The predicted molar refractivity (Wildman–Crippen MR) is 105 cm³/mol. The van der Waals surface area contributed by atoms with Gasteiger partial charge in [0.2, 0.25) is 0 Å². The molecule has 0 aromatic heterocycles. The van der Waals surface area contributed by atoms with E-state index in [9.17, 15) is 0 Å². The fourth-order valence-corrected chi connectivity index (χ4v) is 2.88. The van der Waals surface area contributed by atoms with Crippen LogP contribution in [-0.4, -0.2) is 6.21 Å². The lowest BCUT2D eigenvalue weighted by molar-refractivity contribution is 0.531. The molecule has 2 aromatic carbocycles. The molecule has 1 unspecified atom stereocenters. The fourth-order valence-electron chi connectivity index (χ4n) is 2.88. The van der Waals surface area contributed by atoms with Crippen molar-refractivity contribution in [2.75, 3.05) is 5.32 Å². The van der Waals surface area contributed by atoms with E-state index in [1.165, 1.54) is 17.3 Å². The maximum atomic E-state index is 7.59. The van der Waals surface area contributed by atoms with Crippen molar-refractivity contribution in [1.29, 1.82) is 5.41 Å². The van der Waals surface area contributed by atoms with Crippen molar-refractivity contribution in [1.82, 2.24) is 0 Å². The van der Waals surface area contributed by atoms with E-state index >= 15 is 0 Å². The molecule has 0 aliphatic heterocycles. The van der Waals surface area contributed by atoms with E-state index in [2.05, 4.69) is 50.0 Å². The molecular formula is C22H28N2. The highest BCUT2D eigenvalue weighted by atomic mass is 14.9. The van der Waals surface area contributed by atoms with Crippen molar-refractivity contribution in [3.8, 4) is 0 Å². The van der Waals surface area contributed by atoms with Gasteiger partial charge in [0, 0.05) is 17.5 Å². The molecule has 0 spiro atoms. The van der Waals surface area contributed by atoms with Crippen LogP contribution in [0.4, 0.5) is 5.69 Å². The van der Waals surface area contributed by atoms with Crippen LogP contribution in [0.3, 0.4) is 0 Å². The number of aryl methyl sites for hydroxylation is 1. The number of rotatable bonds is 9. The third-order valence-corrected chi connectivity index (χ3v) is 4.17. The van der Waals surface area contributed by atoms with Gasteiger partial charge in [0.05, 0.1) is 6.04 Å². The van der Waals surface area contributed by atoms with Gasteiger partial charge in [-0.05, 0) is 42.4 Å². The summed E-state index contributed by atoms with van der Waals surface area (Å²) in [5, 5.41) is 11.2. The van der Waals surface area contributed by atoms with E-state index in [-0.39, 0.29) is 6.04 Å². The van der Waals surface area contributed by atoms with Crippen molar-refractivity contribution in [3.05, 3.63) is 77.9 Å². The van der Waals surface area contributed by atoms with Crippen LogP contribution in [-0.2, 0) is 6.42 Å². The molecule has 0 fully saturated rings. The van der Waals surface area contributed by atoms with Gasteiger partial charge >= 0.3 is 0 Å². The van der Waals surface area contributed by atoms with Gasteiger partial charge in [0.1, 0.15) is 0 Å². The van der Waals surface area contributed by atoms with Crippen LogP contribution in [0.5, 0.6) is 0 Å². The second kappa shape index (κ2) is 9.07. The van der Waals surface area contributed by atoms with Gasteiger partial charge in [-0.15, -0.1) is 6.58 Å². The summed E-state index contributed by atoms with van der Waals surface area (Å²) in [5.74, 6) is 0.593. The minimum Gasteiger partial charge on any atom is -0.378 e. The zero-order valence-corrected chi connectivity index (χ0v) is 14.8. The second-order valence-corrected chi connectivity index (χ2v) is 6.63. The summed E-state index contributed by atoms with van der Waals surface area (Å²) in [4.78, 5) is 0. The third-order valence-electron chi connectivity index (χ3n) is 4.17. The Hall–Kier alpha value is -2.35. The largest absolute Gasteiger partial charge is 0.378 e. The molecule has 0 saturated carbocycles. The van der Waals surface area contributed by atoms with E-state index in [4.69, 9.17) is 5.41 Å². The predicted octanol–water partition coefficient (Wildman–Crippen LogP) is 6.00. The zero-order valence-electron chi connectivity index (χ0n) is 14.8. The molecule has 0 amide bonds. The molecule has 0 bridgehead atoms. The SMILES string of the molecule is C=CCCc1ccc(C(CC(C)C)Nc2ccccc2C=N)cc1. The van der Waals surface area contributed by atoms with Crippen LogP contribution in [0.15, 0.2) is 61.2 Å². The molecule has 0 radical (unpaired) electrons. The Kier molecular flexibility index (Phi) is 6.80. The van der Waals surface area contributed by atoms with Gasteiger partial charge in [0.15, 0.2) is 0 Å². The normalized spacial score (nSPS) is 12.0. The van der Waals surface area contributed by atoms with Crippen molar-refractivity contribution < 1.29 is 0 Å². The fraction of sp³-hybridized carbons (Fsp3) is 0.318. The standard InChI is InChI=1S/C22H28N2/c1-4-5-8-18-11-13-19(14-12-18)22(15-17(2)3)24-21-10-7-6-9-20(21)16-23/h4,6-7,9-14,16-17,22-24H,1,5,8,15H2,2-3H3. The highest BCUT2D eigenvalue weighted by Gasteiger charge is 2.14. The molecule has 126 valence electrons. The number of anilines is 1. The molecule has 2 N–H and O–H groups in total. The van der Waals surface area contributed by atoms with Gasteiger partial charge < -0.3 is 10.7 Å². The molecule has 2 heteroatoms. The highest BCUT2D eigenvalue weighted by molar-refractivity contribution is 5.85. The Labute approximate surface area is 146 Å². The van der Waals surface area contributed by atoms with Crippen molar-refractivity contribution in [2.24, 2.45) is 5.92 Å². The summed E-state index contributed by atoms with van der Waals surface area (Å²) in [6, 6.07) is 17.1. The second-order valence-electron chi connectivity index (χ2n) is 6.63. The third kappa shape index (κ3) is 5.09. The zero-order chi connectivity index (χ0) is 17.4. The van der Waals surface area contributed by atoms with Crippen LogP contribution in [0.25, 0.3) is 0 Å². The van der Waals surface area contributed by atoms with Crippen molar-refractivity contribution in [2.45, 2.75) is 39.2 Å². The molecule has 0 aliphatic carbocycles. The smallest absolute Gasteiger partial charge is 0.0516 e.